The minimum Gasteiger partial charge on any atom is -0.365 e. The second-order valence-electron chi connectivity index (χ2n) is 5.80. The van der Waals surface area contributed by atoms with Gasteiger partial charge in [-0.05, 0) is 18.6 Å². The summed E-state index contributed by atoms with van der Waals surface area (Å²) in [4.78, 5) is 19.2. The Hall–Kier alpha value is -1.68. The van der Waals surface area contributed by atoms with Crippen molar-refractivity contribution in [2.24, 2.45) is 0 Å². The average molecular weight is 300 g/mol. The minimum absolute atomic E-state index is 0.259. The van der Waals surface area contributed by atoms with Crippen LogP contribution in [0.25, 0.3) is 0 Å². The van der Waals surface area contributed by atoms with Gasteiger partial charge in [0, 0.05) is 35.5 Å². The zero-order chi connectivity index (χ0) is 14.8. The van der Waals surface area contributed by atoms with Gasteiger partial charge < -0.3 is 4.90 Å². The van der Waals surface area contributed by atoms with Gasteiger partial charge in [-0.3, -0.25) is 4.79 Å². The van der Waals surface area contributed by atoms with Crippen molar-refractivity contribution in [2.45, 2.75) is 39.2 Å². The summed E-state index contributed by atoms with van der Waals surface area (Å²) in [6.07, 6.45) is 1.55. The van der Waals surface area contributed by atoms with E-state index in [-0.39, 0.29) is 5.78 Å². The van der Waals surface area contributed by atoms with Crippen molar-refractivity contribution in [3.63, 3.8) is 0 Å². The highest BCUT2D eigenvalue weighted by molar-refractivity contribution is 7.09. The Morgan fingerprint density at radius 2 is 2.14 bits per heavy atom. The number of nitrogens with zero attached hydrogens (tertiary/aromatic N) is 2. The smallest absolute Gasteiger partial charge is 0.165 e. The molecule has 110 valence electrons. The number of fused-ring (bicyclic) bond motifs is 1. The molecular formula is C17H20N2OS. The lowest BCUT2D eigenvalue weighted by Crippen LogP contribution is -2.23. The first-order valence-corrected chi connectivity index (χ1v) is 8.34. The first kappa shape index (κ1) is 14.3. The van der Waals surface area contributed by atoms with E-state index in [0.29, 0.717) is 12.3 Å². The Kier molecular flexibility index (Phi) is 4.06. The van der Waals surface area contributed by atoms with E-state index in [9.17, 15) is 4.79 Å². The molecule has 0 bridgehead atoms. The predicted octanol–water partition coefficient (Wildman–Crippen LogP) is 4.25. The third-order valence-corrected chi connectivity index (χ3v) is 4.99. The molecule has 1 aliphatic heterocycles. The Bertz CT molecular complexity index is 648. The molecule has 3 nitrogen and oxygen atoms in total. The predicted molar refractivity (Wildman–Crippen MR) is 87.3 cm³/mol. The van der Waals surface area contributed by atoms with Gasteiger partial charge in [-0.25, -0.2) is 4.98 Å². The molecule has 3 rings (SSSR count). The lowest BCUT2D eigenvalue weighted by atomic mass is 10.1. The number of anilines is 1. The number of para-hydroxylation sites is 1. The summed E-state index contributed by atoms with van der Waals surface area (Å²) < 4.78 is 0. The number of carbonyl (C=O) groups is 1. The quantitative estimate of drug-likeness (QED) is 0.849. The highest BCUT2D eigenvalue weighted by Gasteiger charge is 2.21. The number of carbonyl (C=O) groups excluding carboxylic acids is 1. The molecule has 1 aliphatic rings. The second-order valence-corrected chi connectivity index (χ2v) is 6.69. The molecule has 21 heavy (non-hydrogen) atoms. The van der Waals surface area contributed by atoms with Crippen molar-refractivity contribution < 1.29 is 4.79 Å². The third-order valence-electron chi connectivity index (χ3n) is 3.79. The zero-order valence-electron chi connectivity index (χ0n) is 12.5. The van der Waals surface area contributed by atoms with Crippen LogP contribution < -0.4 is 4.90 Å². The number of hydrogen-bond acceptors (Lipinski definition) is 4. The largest absolute Gasteiger partial charge is 0.365 e. The van der Waals surface area contributed by atoms with Crippen LogP contribution in [0.2, 0.25) is 0 Å². The molecule has 2 heterocycles. The van der Waals surface area contributed by atoms with E-state index in [0.717, 1.165) is 36.5 Å². The fourth-order valence-corrected chi connectivity index (χ4v) is 3.52. The third kappa shape index (κ3) is 3.00. The minimum atomic E-state index is 0.259. The van der Waals surface area contributed by atoms with Crippen molar-refractivity contribution >= 4 is 22.8 Å². The van der Waals surface area contributed by atoms with Crippen LogP contribution in [0.5, 0.6) is 0 Å². The van der Waals surface area contributed by atoms with Crippen LogP contribution in [0.15, 0.2) is 29.6 Å². The molecule has 0 radical (unpaired) electrons. The van der Waals surface area contributed by atoms with Crippen LogP contribution in [0, 0.1) is 0 Å². The monoisotopic (exact) mass is 300 g/mol. The van der Waals surface area contributed by atoms with Gasteiger partial charge in [-0.15, -0.1) is 11.3 Å². The fourth-order valence-electron chi connectivity index (χ4n) is 2.69. The van der Waals surface area contributed by atoms with Gasteiger partial charge in [0.1, 0.15) is 0 Å². The van der Waals surface area contributed by atoms with Crippen molar-refractivity contribution in [3.8, 4) is 0 Å². The lowest BCUT2D eigenvalue weighted by Gasteiger charge is -2.23. The molecule has 1 aromatic carbocycles. The molecule has 0 fully saturated rings. The number of benzene rings is 1. The molecule has 0 saturated carbocycles. The first-order valence-electron chi connectivity index (χ1n) is 7.46. The molecule has 0 spiro atoms. The first-order chi connectivity index (χ1) is 10.1. The number of aromatic nitrogens is 1. The highest BCUT2D eigenvalue weighted by Crippen LogP contribution is 2.28. The zero-order valence-corrected chi connectivity index (χ0v) is 13.3. The number of ketones is 1. The van der Waals surface area contributed by atoms with Gasteiger partial charge >= 0.3 is 0 Å². The number of thiazole rings is 1. The van der Waals surface area contributed by atoms with Crippen LogP contribution in [-0.4, -0.2) is 17.3 Å². The van der Waals surface area contributed by atoms with Crippen molar-refractivity contribution in [1.29, 1.82) is 0 Å². The Labute approximate surface area is 129 Å². The van der Waals surface area contributed by atoms with Crippen LogP contribution in [0.4, 0.5) is 5.69 Å². The van der Waals surface area contributed by atoms with Crippen LogP contribution in [0.1, 0.15) is 53.7 Å². The normalized spacial score (nSPS) is 15.2. The summed E-state index contributed by atoms with van der Waals surface area (Å²) in [5.41, 5.74) is 3.02. The van der Waals surface area contributed by atoms with Crippen LogP contribution in [0.3, 0.4) is 0 Å². The molecule has 0 aliphatic carbocycles. The Balaban J connectivity index is 1.87. The van der Waals surface area contributed by atoms with Crippen molar-refractivity contribution in [2.75, 3.05) is 11.4 Å². The topological polar surface area (TPSA) is 33.2 Å². The lowest BCUT2D eigenvalue weighted by molar-refractivity contribution is 0.0984. The number of rotatable bonds is 3. The molecule has 0 atom stereocenters. The molecule has 0 unspecified atom stereocenters. The standard InChI is InChI=1S/C17H20N2OS/c1-12(2)17-18-13(11-21-17)10-19-9-5-8-16(20)14-6-3-4-7-15(14)19/h3-4,6-7,11-12H,5,8-10H2,1-2H3. The van der Waals surface area contributed by atoms with E-state index < -0.39 is 0 Å². The Morgan fingerprint density at radius 3 is 2.90 bits per heavy atom. The van der Waals surface area contributed by atoms with Crippen LogP contribution >= 0.6 is 11.3 Å². The fraction of sp³-hybridized carbons (Fsp3) is 0.412. The van der Waals surface area contributed by atoms with E-state index in [1.54, 1.807) is 11.3 Å². The van der Waals surface area contributed by atoms with Gasteiger partial charge in [0.25, 0.3) is 0 Å². The van der Waals surface area contributed by atoms with E-state index in [4.69, 9.17) is 4.98 Å². The summed E-state index contributed by atoms with van der Waals surface area (Å²) in [7, 11) is 0. The average Bonchev–Trinajstić information content (AvgIpc) is 2.89. The second kappa shape index (κ2) is 5.98. The number of hydrogen-bond donors (Lipinski definition) is 0. The summed E-state index contributed by atoms with van der Waals surface area (Å²) in [6.45, 7) is 6.04. The molecule has 1 aromatic heterocycles. The summed E-state index contributed by atoms with van der Waals surface area (Å²) >= 11 is 1.73. The van der Waals surface area contributed by atoms with Gasteiger partial charge in [0.15, 0.2) is 5.78 Å². The van der Waals surface area contributed by atoms with Crippen molar-refractivity contribution in [1.82, 2.24) is 4.98 Å². The van der Waals surface area contributed by atoms with Crippen molar-refractivity contribution in [3.05, 3.63) is 45.9 Å². The summed E-state index contributed by atoms with van der Waals surface area (Å²) in [5, 5.41) is 3.33. The SMILES string of the molecule is CC(C)c1nc(CN2CCCC(=O)c3ccccc32)cs1. The van der Waals surface area contributed by atoms with Gasteiger partial charge in [0.2, 0.25) is 0 Å². The van der Waals surface area contributed by atoms with E-state index in [2.05, 4.69) is 24.1 Å². The highest BCUT2D eigenvalue weighted by atomic mass is 32.1. The summed E-state index contributed by atoms with van der Waals surface area (Å²) in [6, 6.07) is 7.94. The summed E-state index contributed by atoms with van der Waals surface area (Å²) in [5.74, 6) is 0.732. The van der Waals surface area contributed by atoms with Crippen LogP contribution in [-0.2, 0) is 6.54 Å². The Morgan fingerprint density at radius 1 is 1.33 bits per heavy atom. The molecule has 0 amide bonds. The molecule has 2 aromatic rings. The maximum Gasteiger partial charge on any atom is 0.165 e. The molecule has 0 N–H and O–H groups in total. The maximum absolute atomic E-state index is 12.2. The van der Waals surface area contributed by atoms with E-state index >= 15 is 0 Å². The van der Waals surface area contributed by atoms with Gasteiger partial charge in [-0.1, -0.05) is 26.0 Å². The van der Waals surface area contributed by atoms with E-state index in [1.165, 1.54) is 5.01 Å². The van der Waals surface area contributed by atoms with Gasteiger partial charge in [-0.2, -0.15) is 0 Å². The van der Waals surface area contributed by atoms with E-state index in [1.807, 2.05) is 24.3 Å². The van der Waals surface area contributed by atoms with Gasteiger partial charge in [0.05, 0.1) is 17.2 Å². The molecular weight excluding hydrogens is 280 g/mol. The molecule has 4 heteroatoms. The molecule has 0 saturated heterocycles. The maximum atomic E-state index is 12.2. The number of Topliss-reactive ketones (excluding diaryl/α,β-unsaturated/α-hetero) is 1.